The Kier molecular flexibility index (Phi) is 2.97. The Labute approximate surface area is 155 Å². The van der Waals surface area contributed by atoms with Gasteiger partial charge in [-0.25, -0.2) is 9.97 Å². The maximum absolute atomic E-state index is 4.80. The molecule has 3 nitrogen and oxygen atoms in total. The fraction of sp³-hybridized carbons (Fsp3) is 0.565. The zero-order chi connectivity index (χ0) is 17.5. The van der Waals surface area contributed by atoms with Crippen molar-refractivity contribution in [1.82, 2.24) is 9.97 Å². The summed E-state index contributed by atoms with van der Waals surface area (Å²) in [7, 11) is 0. The van der Waals surface area contributed by atoms with Gasteiger partial charge in [-0.2, -0.15) is 0 Å². The molecule has 26 heavy (non-hydrogen) atoms. The molecule has 0 unspecified atom stereocenters. The molecule has 5 aliphatic rings. The van der Waals surface area contributed by atoms with Gasteiger partial charge in [-0.1, -0.05) is 18.2 Å². The lowest BCUT2D eigenvalue weighted by atomic mass is 9.47. The predicted molar refractivity (Wildman–Crippen MR) is 103 cm³/mol. The van der Waals surface area contributed by atoms with Crippen LogP contribution < -0.4 is 4.90 Å². The van der Waals surface area contributed by atoms with Gasteiger partial charge in [-0.15, -0.1) is 0 Å². The Hall–Kier alpha value is -1.90. The zero-order valence-electron chi connectivity index (χ0n) is 15.7. The molecule has 1 atom stereocenters. The van der Waals surface area contributed by atoms with Crippen molar-refractivity contribution in [3.8, 4) is 0 Å². The number of hydrogen-bond acceptors (Lipinski definition) is 3. The lowest BCUT2D eigenvalue weighted by Gasteiger charge is -2.63. The number of aryl methyl sites for hydroxylation is 1. The number of hydrogen-bond donors (Lipinski definition) is 0. The fourth-order valence-electron chi connectivity index (χ4n) is 7.53. The van der Waals surface area contributed by atoms with Crippen LogP contribution in [-0.4, -0.2) is 9.97 Å². The third-order valence-electron chi connectivity index (χ3n) is 8.11. The van der Waals surface area contributed by atoms with Crippen molar-refractivity contribution in [2.45, 2.75) is 57.5 Å². The SMILES string of the molecule is Cc1ccccc1N1[C@@H](C)c2ncncc2C12C1CC3CC(C1)CC2C3. The van der Waals surface area contributed by atoms with Crippen molar-refractivity contribution in [2.24, 2.45) is 23.7 Å². The summed E-state index contributed by atoms with van der Waals surface area (Å²) in [5.41, 5.74) is 5.63. The number of nitrogens with zero attached hydrogens (tertiary/aromatic N) is 3. The molecule has 7 rings (SSSR count). The Balaban J connectivity index is 1.62. The van der Waals surface area contributed by atoms with Crippen molar-refractivity contribution in [2.75, 3.05) is 4.90 Å². The number of benzene rings is 1. The summed E-state index contributed by atoms with van der Waals surface area (Å²) in [6.07, 6.45) is 11.0. The minimum absolute atomic E-state index is 0.121. The van der Waals surface area contributed by atoms with Gasteiger partial charge in [-0.3, -0.25) is 0 Å². The molecule has 2 heterocycles. The van der Waals surface area contributed by atoms with E-state index in [1.807, 2.05) is 0 Å². The van der Waals surface area contributed by atoms with E-state index in [0.29, 0.717) is 6.04 Å². The molecule has 2 aromatic rings. The Morgan fingerprint density at radius 2 is 1.69 bits per heavy atom. The van der Waals surface area contributed by atoms with Crippen LogP contribution in [0.4, 0.5) is 5.69 Å². The highest BCUT2D eigenvalue weighted by atomic mass is 15.3. The van der Waals surface area contributed by atoms with E-state index < -0.39 is 0 Å². The van der Waals surface area contributed by atoms with E-state index in [-0.39, 0.29) is 5.54 Å². The third-order valence-corrected chi connectivity index (χ3v) is 8.11. The van der Waals surface area contributed by atoms with Gasteiger partial charge in [0, 0.05) is 17.4 Å². The Bertz CT molecular complexity index is 845. The Morgan fingerprint density at radius 1 is 1.00 bits per heavy atom. The summed E-state index contributed by atoms with van der Waals surface area (Å²) in [6, 6.07) is 9.29. The number of para-hydroxylation sites is 1. The van der Waals surface area contributed by atoms with Crippen LogP contribution in [0.25, 0.3) is 0 Å². The van der Waals surface area contributed by atoms with Crippen LogP contribution in [-0.2, 0) is 5.54 Å². The average molecular weight is 345 g/mol. The molecular weight excluding hydrogens is 318 g/mol. The fourth-order valence-corrected chi connectivity index (χ4v) is 7.53. The number of anilines is 1. The molecule has 0 N–H and O–H groups in total. The van der Waals surface area contributed by atoms with E-state index in [4.69, 9.17) is 4.98 Å². The summed E-state index contributed by atoms with van der Waals surface area (Å²) in [6.45, 7) is 4.62. The van der Waals surface area contributed by atoms with E-state index in [9.17, 15) is 0 Å². The smallest absolute Gasteiger partial charge is 0.115 e. The quantitative estimate of drug-likeness (QED) is 0.727. The second-order valence-electron chi connectivity index (χ2n) is 9.28. The first-order valence-corrected chi connectivity index (χ1v) is 10.3. The van der Waals surface area contributed by atoms with Gasteiger partial charge in [0.15, 0.2) is 0 Å². The lowest BCUT2D eigenvalue weighted by molar-refractivity contribution is -0.0603. The predicted octanol–water partition coefficient (Wildman–Crippen LogP) is 5.02. The van der Waals surface area contributed by atoms with E-state index in [2.05, 4.69) is 54.2 Å². The van der Waals surface area contributed by atoms with Gasteiger partial charge >= 0.3 is 0 Å². The second kappa shape index (κ2) is 5.09. The van der Waals surface area contributed by atoms with Gasteiger partial charge in [0.2, 0.25) is 0 Å². The van der Waals surface area contributed by atoms with Crippen molar-refractivity contribution in [1.29, 1.82) is 0 Å². The standard InChI is InChI=1S/C23H27N3/c1-14-5-3-4-6-21(14)26-15(2)22-20(12-24-13-25-22)23(26)18-8-16-7-17(10-18)11-19(23)9-16/h3-6,12-13,15-19H,7-11H2,1-2H3/t15-,16?,17?,18?,19?,23?/m0/s1. The average Bonchev–Trinajstić information content (AvgIpc) is 2.90. The molecule has 4 bridgehead atoms. The first-order chi connectivity index (χ1) is 12.7. The van der Waals surface area contributed by atoms with Gasteiger partial charge in [0.1, 0.15) is 6.33 Å². The first-order valence-electron chi connectivity index (χ1n) is 10.3. The first kappa shape index (κ1) is 15.2. The summed E-state index contributed by atoms with van der Waals surface area (Å²) in [4.78, 5) is 12.1. The highest BCUT2D eigenvalue weighted by Gasteiger charge is 2.65. The van der Waals surface area contributed by atoms with Crippen LogP contribution in [0.2, 0.25) is 0 Å². The molecule has 4 saturated carbocycles. The van der Waals surface area contributed by atoms with Crippen molar-refractivity contribution < 1.29 is 0 Å². The van der Waals surface area contributed by atoms with E-state index in [0.717, 1.165) is 23.7 Å². The second-order valence-corrected chi connectivity index (χ2v) is 9.28. The van der Waals surface area contributed by atoms with Crippen LogP contribution >= 0.6 is 0 Å². The lowest BCUT2D eigenvalue weighted by Crippen LogP contribution is -2.62. The molecule has 4 aliphatic carbocycles. The van der Waals surface area contributed by atoms with E-state index in [1.54, 1.807) is 6.33 Å². The molecule has 0 saturated heterocycles. The van der Waals surface area contributed by atoms with E-state index >= 15 is 0 Å². The molecule has 3 heteroatoms. The van der Waals surface area contributed by atoms with Crippen LogP contribution in [0.3, 0.4) is 0 Å². The van der Waals surface area contributed by atoms with E-state index in [1.165, 1.54) is 54.6 Å². The van der Waals surface area contributed by atoms with Gasteiger partial charge in [-0.05, 0) is 81.3 Å². The Morgan fingerprint density at radius 3 is 2.38 bits per heavy atom. The summed E-state index contributed by atoms with van der Waals surface area (Å²) < 4.78 is 0. The van der Waals surface area contributed by atoms with Crippen molar-refractivity contribution >= 4 is 5.69 Å². The van der Waals surface area contributed by atoms with Crippen molar-refractivity contribution in [3.63, 3.8) is 0 Å². The molecule has 1 aliphatic heterocycles. The molecule has 1 spiro atoms. The van der Waals surface area contributed by atoms with Gasteiger partial charge in [0.25, 0.3) is 0 Å². The summed E-state index contributed by atoms with van der Waals surface area (Å²) in [5, 5.41) is 0. The monoisotopic (exact) mass is 345 g/mol. The molecular formula is C23H27N3. The largest absolute Gasteiger partial charge is 0.353 e. The molecule has 1 aromatic carbocycles. The van der Waals surface area contributed by atoms with Crippen molar-refractivity contribution in [3.05, 3.63) is 53.6 Å². The summed E-state index contributed by atoms with van der Waals surface area (Å²) >= 11 is 0. The molecule has 0 radical (unpaired) electrons. The number of rotatable bonds is 1. The maximum atomic E-state index is 4.80. The number of aromatic nitrogens is 2. The molecule has 134 valence electrons. The maximum Gasteiger partial charge on any atom is 0.115 e. The topological polar surface area (TPSA) is 29.0 Å². The number of fused-ring (bicyclic) bond motifs is 1. The third kappa shape index (κ3) is 1.70. The summed E-state index contributed by atoms with van der Waals surface area (Å²) in [5.74, 6) is 3.44. The molecule has 4 fully saturated rings. The van der Waals surface area contributed by atoms with Crippen LogP contribution in [0, 0.1) is 30.6 Å². The zero-order valence-corrected chi connectivity index (χ0v) is 15.7. The highest BCUT2D eigenvalue weighted by molar-refractivity contribution is 5.63. The van der Waals surface area contributed by atoms with Crippen LogP contribution in [0.15, 0.2) is 36.8 Å². The van der Waals surface area contributed by atoms with Gasteiger partial charge in [0.05, 0.1) is 17.3 Å². The van der Waals surface area contributed by atoms with Crippen LogP contribution in [0.1, 0.15) is 61.9 Å². The van der Waals surface area contributed by atoms with Gasteiger partial charge < -0.3 is 4.90 Å². The highest BCUT2D eigenvalue weighted by Crippen LogP contribution is 2.68. The molecule has 0 amide bonds. The molecule has 1 aromatic heterocycles. The minimum Gasteiger partial charge on any atom is -0.353 e. The normalized spacial score (nSPS) is 39.6. The van der Waals surface area contributed by atoms with Crippen LogP contribution in [0.5, 0.6) is 0 Å². The minimum atomic E-state index is 0.121.